The maximum atomic E-state index is 11.3. The van der Waals surface area contributed by atoms with Crippen molar-refractivity contribution >= 4 is 25.2 Å². The Balaban J connectivity index is 2.25. The maximum Gasteiger partial charge on any atom is 0.451 e. The SMILES string of the molecule is NC(CCCCB(O)O)(CNSNCc1ccccc1)C(=O)O. The van der Waals surface area contributed by atoms with E-state index in [9.17, 15) is 9.90 Å². The highest BCUT2D eigenvalue weighted by atomic mass is 32.2. The van der Waals surface area contributed by atoms with Crippen molar-refractivity contribution in [2.24, 2.45) is 5.73 Å². The van der Waals surface area contributed by atoms with Gasteiger partial charge in [0.15, 0.2) is 0 Å². The van der Waals surface area contributed by atoms with E-state index in [-0.39, 0.29) is 19.3 Å². The van der Waals surface area contributed by atoms with Crippen molar-refractivity contribution in [3.63, 3.8) is 0 Å². The summed E-state index contributed by atoms with van der Waals surface area (Å²) in [5.41, 5.74) is 5.68. The minimum absolute atomic E-state index is 0.108. The third-order valence-electron chi connectivity index (χ3n) is 3.41. The van der Waals surface area contributed by atoms with Gasteiger partial charge in [-0.05, 0) is 18.3 Å². The number of rotatable bonds is 12. The Kier molecular flexibility index (Phi) is 9.23. The first-order valence-corrected chi connectivity index (χ1v) is 8.29. The summed E-state index contributed by atoms with van der Waals surface area (Å²) in [5.74, 6) is -1.07. The highest BCUT2D eigenvalue weighted by molar-refractivity contribution is 7.95. The van der Waals surface area contributed by atoms with Crippen molar-refractivity contribution in [1.82, 2.24) is 9.44 Å². The van der Waals surface area contributed by atoms with Gasteiger partial charge in [0.1, 0.15) is 5.54 Å². The van der Waals surface area contributed by atoms with Crippen LogP contribution in [0.2, 0.25) is 6.32 Å². The molecule has 0 aliphatic heterocycles. The lowest BCUT2D eigenvalue weighted by Gasteiger charge is -2.24. The monoisotopic (exact) mass is 341 g/mol. The lowest BCUT2D eigenvalue weighted by Crippen LogP contribution is -2.54. The predicted octanol–water partition coefficient (Wildman–Crippen LogP) is 0.354. The van der Waals surface area contributed by atoms with Crippen LogP contribution in [0.25, 0.3) is 0 Å². The Labute approximate surface area is 141 Å². The molecule has 7 nitrogen and oxygen atoms in total. The molecule has 0 aliphatic carbocycles. The van der Waals surface area contributed by atoms with Gasteiger partial charge >= 0.3 is 13.1 Å². The number of carboxylic acid groups (broad SMARTS) is 1. The zero-order valence-corrected chi connectivity index (χ0v) is 13.8. The zero-order valence-electron chi connectivity index (χ0n) is 12.9. The van der Waals surface area contributed by atoms with E-state index in [4.69, 9.17) is 15.8 Å². The number of unbranched alkanes of at least 4 members (excludes halogenated alkanes) is 1. The van der Waals surface area contributed by atoms with Crippen molar-refractivity contribution in [3.8, 4) is 0 Å². The number of nitrogens with two attached hydrogens (primary N) is 1. The Bertz CT molecular complexity index is 467. The molecule has 7 N–H and O–H groups in total. The number of carbonyl (C=O) groups is 1. The van der Waals surface area contributed by atoms with E-state index in [2.05, 4.69) is 9.44 Å². The first kappa shape index (κ1) is 20.0. The molecule has 23 heavy (non-hydrogen) atoms. The number of nitrogens with one attached hydrogen (secondary N) is 2. The lowest BCUT2D eigenvalue weighted by atomic mass is 9.82. The van der Waals surface area contributed by atoms with E-state index in [1.807, 2.05) is 30.3 Å². The molecule has 0 aliphatic rings. The van der Waals surface area contributed by atoms with Crippen LogP contribution >= 0.6 is 12.1 Å². The van der Waals surface area contributed by atoms with Gasteiger partial charge in [0.2, 0.25) is 0 Å². The smallest absolute Gasteiger partial charge is 0.451 e. The standard InChI is InChI=1S/C14H24BN3O4S/c16-14(13(19)20,8-4-5-9-15(21)22)11-18-23-17-10-12-6-2-1-3-7-12/h1-3,6-7,17-18,21-22H,4-5,8-11,16H2,(H,19,20). The van der Waals surface area contributed by atoms with Crippen molar-refractivity contribution in [1.29, 1.82) is 0 Å². The molecule has 0 aromatic heterocycles. The Hall–Kier alpha value is -1.10. The van der Waals surface area contributed by atoms with Gasteiger partial charge in [-0.2, -0.15) is 0 Å². The van der Waals surface area contributed by atoms with E-state index < -0.39 is 18.6 Å². The fourth-order valence-electron chi connectivity index (χ4n) is 1.97. The summed E-state index contributed by atoms with van der Waals surface area (Å²) >= 11 is 1.21. The molecule has 1 unspecified atom stereocenters. The second-order valence-electron chi connectivity index (χ2n) is 5.42. The summed E-state index contributed by atoms with van der Waals surface area (Å²) in [5, 5.41) is 26.8. The third kappa shape index (κ3) is 8.35. The molecule has 0 amide bonds. The first-order valence-electron chi connectivity index (χ1n) is 7.48. The molecule has 1 aromatic rings. The average molecular weight is 341 g/mol. The fourth-order valence-corrected chi connectivity index (χ4v) is 2.64. The van der Waals surface area contributed by atoms with Crippen LogP contribution in [0.3, 0.4) is 0 Å². The molecule has 1 rings (SSSR count). The van der Waals surface area contributed by atoms with Gasteiger partial charge < -0.3 is 20.9 Å². The largest absolute Gasteiger partial charge is 0.480 e. The second kappa shape index (κ2) is 10.6. The molecule has 128 valence electrons. The summed E-state index contributed by atoms with van der Waals surface area (Å²) in [6, 6.07) is 9.84. The normalized spacial score (nSPS) is 13.5. The minimum Gasteiger partial charge on any atom is -0.480 e. The molecular formula is C14H24BN3O4S. The fraction of sp³-hybridized carbons (Fsp3) is 0.500. The molecule has 0 saturated heterocycles. The lowest BCUT2D eigenvalue weighted by molar-refractivity contribution is -0.143. The summed E-state index contributed by atoms with van der Waals surface area (Å²) in [6.07, 6.45) is 1.52. The van der Waals surface area contributed by atoms with Gasteiger partial charge in [0.25, 0.3) is 0 Å². The van der Waals surface area contributed by atoms with Gasteiger partial charge in [-0.15, -0.1) is 0 Å². The van der Waals surface area contributed by atoms with E-state index in [1.165, 1.54) is 12.1 Å². The van der Waals surface area contributed by atoms with Crippen LogP contribution < -0.4 is 15.2 Å². The van der Waals surface area contributed by atoms with E-state index >= 15 is 0 Å². The first-order chi connectivity index (χ1) is 10.9. The van der Waals surface area contributed by atoms with Crippen molar-refractivity contribution < 1.29 is 19.9 Å². The van der Waals surface area contributed by atoms with Gasteiger partial charge in [-0.25, -0.2) is 9.44 Å². The van der Waals surface area contributed by atoms with Gasteiger partial charge in [-0.1, -0.05) is 43.2 Å². The number of aliphatic carboxylic acids is 1. The van der Waals surface area contributed by atoms with Crippen molar-refractivity contribution in [2.75, 3.05) is 6.54 Å². The number of hydrogen-bond acceptors (Lipinski definition) is 7. The Morgan fingerprint density at radius 3 is 2.52 bits per heavy atom. The van der Waals surface area contributed by atoms with Crippen LogP contribution in [0.4, 0.5) is 0 Å². The predicted molar refractivity (Wildman–Crippen MR) is 92.3 cm³/mol. The summed E-state index contributed by atoms with van der Waals surface area (Å²) < 4.78 is 6.01. The molecule has 9 heteroatoms. The zero-order chi connectivity index (χ0) is 17.1. The molecule has 0 heterocycles. The quantitative estimate of drug-likeness (QED) is 0.183. The summed E-state index contributed by atoms with van der Waals surface area (Å²) in [4.78, 5) is 11.3. The van der Waals surface area contributed by atoms with Crippen LogP contribution in [0.5, 0.6) is 0 Å². The summed E-state index contributed by atoms with van der Waals surface area (Å²) in [6.45, 7) is 0.758. The molecular weight excluding hydrogens is 317 g/mol. The Morgan fingerprint density at radius 1 is 1.22 bits per heavy atom. The van der Waals surface area contributed by atoms with Crippen LogP contribution in [0.1, 0.15) is 24.8 Å². The molecule has 0 saturated carbocycles. The molecule has 1 aromatic carbocycles. The third-order valence-corrected chi connectivity index (χ3v) is 3.99. The molecule has 0 bridgehead atoms. The van der Waals surface area contributed by atoms with Crippen LogP contribution in [-0.2, 0) is 11.3 Å². The van der Waals surface area contributed by atoms with E-state index in [0.29, 0.717) is 19.4 Å². The molecule has 0 spiro atoms. The Morgan fingerprint density at radius 2 is 1.91 bits per heavy atom. The number of hydrogen-bond donors (Lipinski definition) is 6. The van der Waals surface area contributed by atoms with Crippen LogP contribution in [-0.4, -0.2) is 40.3 Å². The number of carboxylic acids is 1. The van der Waals surface area contributed by atoms with Gasteiger partial charge in [-0.3, -0.25) is 4.79 Å². The molecule has 0 fully saturated rings. The highest BCUT2D eigenvalue weighted by Crippen LogP contribution is 2.14. The maximum absolute atomic E-state index is 11.3. The topological polar surface area (TPSA) is 128 Å². The molecule has 0 radical (unpaired) electrons. The minimum atomic E-state index is -1.37. The number of benzene rings is 1. The highest BCUT2D eigenvalue weighted by Gasteiger charge is 2.33. The van der Waals surface area contributed by atoms with Crippen molar-refractivity contribution in [3.05, 3.63) is 35.9 Å². The van der Waals surface area contributed by atoms with Gasteiger partial charge in [0, 0.05) is 25.2 Å². The van der Waals surface area contributed by atoms with E-state index in [0.717, 1.165) is 5.56 Å². The van der Waals surface area contributed by atoms with Gasteiger partial charge in [0.05, 0.1) is 0 Å². The molecule has 1 atom stereocenters. The van der Waals surface area contributed by atoms with Crippen LogP contribution in [0, 0.1) is 0 Å². The van der Waals surface area contributed by atoms with Crippen LogP contribution in [0.15, 0.2) is 30.3 Å². The summed E-state index contributed by atoms with van der Waals surface area (Å²) in [7, 11) is -1.36. The average Bonchev–Trinajstić information content (AvgIpc) is 2.52. The second-order valence-corrected chi connectivity index (χ2v) is 6.20. The van der Waals surface area contributed by atoms with Crippen molar-refractivity contribution in [2.45, 2.75) is 37.7 Å². The van der Waals surface area contributed by atoms with E-state index in [1.54, 1.807) is 0 Å².